The number of nitrogens with one attached hydrogen (secondary N) is 1. The third-order valence-electron chi connectivity index (χ3n) is 2.95. The summed E-state index contributed by atoms with van der Waals surface area (Å²) in [5, 5.41) is 8.56. The molecule has 0 aliphatic heterocycles. The van der Waals surface area contributed by atoms with Gasteiger partial charge in [-0.2, -0.15) is 0 Å². The van der Waals surface area contributed by atoms with Gasteiger partial charge in [0, 0.05) is 11.8 Å². The lowest BCUT2D eigenvalue weighted by molar-refractivity contribution is -0.131. The minimum atomic E-state index is -3.69. The van der Waals surface area contributed by atoms with E-state index < -0.39 is 16.0 Å². The first-order valence-electron chi connectivity index (χ1n) is 6.59. The lowest BCUT2D eigenvalue weighted by Crippen LogP contribution is -2.12. The number of carboxylic acid groups (broad SMARTS) is 1. The summed E-state index contributed by atoms with van der Waals surface area (Å²) in [5.41, 5.74) is 1.04. The third kappa shape index (κ3) is 4.58. The Hall–Kier alpha value is -2.80. The van der Waals surface area contributed by atoms with E-state index in [0.29, 0.717) is 17.0 Å². The summed E-state index contributed by atoms with van der Waals surface area (Å²) in [6, 6.07) is 12.4. The average molecular weight is 333 g/mol. The van der Waals surface area contributed by atoms with Crippen molar-refractivity contribution in [3.05, 3.63) is 60.2 Å². The Morgan fingerprint density at radius 1 is 1.09 bits per heavy atom. The van der Waals surface area contributed by atoms with Crippen LogP contribution in [0.5, 0.6) is 5.75 Å². The Balaban J connectivity index is 2.15. The van der Waals surface area contributed by atoms with Crippen LogP contribution in [0.25, 0.3) is 6.08 Å². The number of carboxylic acids is 1. The zero-order valence-electron chi connectivity index (χ0n) is 12.3. The minimum Gasteiger partial charge on any atom is -0.497 e. The van der Waals surface area contributed by atoms with E-state index in [4.69, 9.17) is 9.84 Å². The second kappa shape index (κ2) is 6.97. The van der Waals surface area contributed by atoms with Gasteiger partial charge in [0.1, 0.15) is 5.75 Å². The van der Waals surface area contributed by atoms with Crippen molar-refractivity contribution < 1.29 is 23.1 Å². The van der Waals surface area contributed by atoms with Crippen molar-refractivity contribution in [2.45, 2.75) is 4.90 Å². The van der Waals surface area contributed by atoms with Crippen LogP contribution in [-0.2, 0) is 14.8 Å². The molecule has 0 saturated heterocycles. The Bertz CT molecular complexity index is 809. The first-order chi connectivity index (χ1) is 10.9. The lowest BCUT2D eigenvalue weighted by Gasteiger charge is -2.09. The van der Waals surface area contributed by atoms with E-state index in [0.717, 1.165) is 6.08 Å². The summed E-state index contributed by atoms with van der Waals surface area (Å²) < 4.78 is 32.0. The van der Waals surface area contributed by atoms with Crippen molar-refractivity contribution in [2.75, 3.05) is 11.8 Å². The Labute approximate surface area is 134 Å². The second-order valence-corrected chi connectivity index (χ2v) is 6.26. The van der Waals surface area contributed by atoms with E-state index in [-0.39, 0.29) is 4.90 Å². The van der Waals surface area contributed by atoms with Gasteiger partial charge in [0.2, 0.25) is 0 Å². The molecule has 0 bridgehead atoms. The van der Waals surface area contributed by atoms with Gasteiger partial charge < -0.3 is 9.84 Å². The van der Waals surface area contributed by atoms with Crippen LogP contribution in [0, 0.1) is 0 Å². The Kier molecular flexibility index (Phi) is 5.02. The molecular formula is C16H15NO5S. The first-order valence-corrected chi connectivity index (χ1v) is 8.07. The van der Waals surface area contributed by atoms with Crippen molar-refractivity contribution in [3.8, 4) is 5.75 Å². The molecule has 0 aliphatic carbocycles. The van der Waals surface area contributed by atoms with E-state index >= 15 is 0 Å². The number of anilines is 1. The molecule has 0 spiro atoms. The smallest absolute Gasteiger partial charge is 0.328 e. The maximum Gasteiger partial charge on any atom is 0.328 e. The topological polar surface area (TPSA) is 92.7 Å². The number of benzene rings is 2. The number of aliphatic carboxylic acids is 1. The highest BCUT2D eigenvalue weighted by Gasteiger charge is 2.13. The van der Waals surface area contributed by atoms with Crippen molar-refractivity contribution in [3.63, 3.8) is 0 Å². The summed E-state index contributed by atoms with van der Waals surface area (Å²) in [4.78, 5) is 10.6. The molecule has 6 nitrogen and oxygen atoms in total. The molecule has 120 valence electrons. The predicted molar refractivity (Wildman–Crippen MR) is 86.9 cm³/mol. The van der Waals surface area contributed by atoms with Crippen LogP contribution in [0.15, 0.2) is 59.5 Å². The van der Waals surface area contributed by atoms with Gasteiger partial charge in [-0.15, -0.1) is 0 Å². The highest BCUT2D eigenvalue weighted by molar-refractivity contribution is 7.92. The summed E-state index contributed by atoms with van der Waals surface area (Å²) in [6.07, 6.45) is 2.43. The van der Waals surface area contributed by atoms with Crippen LogP contribution in [-0.4, -0.2) is 26.6 Å². The Morgan fingerprint density at radius 2 is 1.70 bits per heavy atom. The number of carbonyl (C=O) groups is 1. The maximum absolute atomic E-state index is 12.3. The van der Waals surface area contributed by atoms with Gasteiger partial charge in [-0.1, -0.05) is 12.1 Å². The van der Waals surface area contributed by atoms with Crippen molar-refractivity contribution in [1.29, 1.82) is 0 Å². The van der Waals surface area contributed by atoms with Crippen LogP contribution < -0.4 is 9.46 Å². The van der Waals surface area contributed by atoms with Crippen LogP contribution >= 0.6 is 0 Å². The van der Waals surface area contributed by atoms with Crippen molar-refractivity contribution in [1.82, 2.24) is 0 Å². The zero-order chi connectivity index (χ0) is 16.9. The number of hydrogen-bond acceptors (Lipinski definition) is 4. The molecule has 2 aromatic rings. The van der Waals surface area contributed by atoms with Gasteiger partial charge in [-0.25, -0.2) is 13.2 Å². The molecule has 2 N–H and O–H groups in total. The molecule has 0 unspecified atom stereocenters. The fraction of sp³-hybridized carbons (Fsp3) is 0.0625. The third-order valence-corrected chi connectivity index (χ3v) is 4.35. The number of hydrogen-bond donors (Lipinski definition) is 2. The van der Waals surface area contributed by atoms with E-state index in [1.54, 1.807) is 36.4 Å². The second-order valence-electron chi connectivity index (χ2n) is 4.57. The molecule has 23 heavy (non-hydrogen) atoms. The van der Waals surface area contributed by atoms with E-state index in [1.165, 1.54) is 25.3 Å². The van der Waals surface area contributed by atoms with E-state index in [2.05, 4.69) is 4.72 Å². The molecule has 0 heterocycles. The highest BCUT2D eigenvalue weighted by atomic mass is 32.2. The molecule has 0 saturated carbocycles. The lowest BCUT2D eigenvalue weighted by atomic mass is 10.2. The van der Waals surface area contributed by atoms with Crippen molar-refractivity contribution >= 4 is 27.8 Å². The standard InChI is InChI=1S/C16H15NO5S/c1-22-14-7-9-15(10-8-14)23(20,21)17-13-5-2-12(3-6-13)4-11-16(18)19/h2-11,17H,1H3,(H,18,19)/b11-4+. The number of ether oxygens (including phenoxy) is 1. The molecule has 2 aromatic carbocycles. The maximum atomic E-state index is 12.3. The molecule has 0 radical (unpaired) electrons. The quantitative estimate of drug-likeness (QED) is 0.793. The largest absolute Gasteiger partial charge is 0.497 e. The van der Waals surface area contributed by atoms with Gasteiger partial charge in [-0.3, -0.25) is 4.72 Å². The summed E-state index contributed by atoms with van der Waals surface area (Å²) in [6.45, 7) is 0. The fourth-order valence-corrected chi connectivity index (χ4v) is 2.86. The first kappa shape index (κ1) is 16.6. The van der Waals surface area contributed by atoms with Crippen LogP contribution in [0.4, 0.5) is 5.69 Å². The predicted octanol–water partition coefficient (Wildman–Crippen LogP) is 2.59. The van der Waals surface area contributed by atoms with Gasteiger partial charge >= 0.3 is 5.97 Å². The molecule has 0 aromatic heterocycles. The van der Waals surface area contributed by atoms with Crippen molar-refractivity contribution in [2.24, 2.45) is 0 Å². The van der Waals surface area contributed by atoms with Gasteiger partial charge in [0.25, 0.3) is 10.0 Å². The fourth-order valence-electron chi connectivity index (χ4n) is 1.80. The van der Waals surface area contributed by atoms with Gasteiger partial charge in [0.05, 0.1) is 12.0 Å². The SMILES string of the molecule is COc1ccc(S(=O)(=O)Nc2ccc(/C=C/C(=O)O)cc2)cc1. The zero-order valence-corrected chi connectivity index (χ0v) is 13.1. The van der Waals surface area contributed by atoms with E-state index in [1.807, 2.05) is 0 Å². The monoisotopic (exact) mass is 333 g/mol. The average Bonchev–Trinajstić information content (AvgIpc) is 2.54. The van der Waals surface area contributed by atoms with Crippen LogP contribution in [0.2, 0.25) is 0 Å². The minimum absolute atomic E-state index is 0.119. The summed E-state index contributed by atoms with van der Waals surface area (Å²) in [5.74, 6) is -0.479. The number of rotatable bonds is 6. The number of sulfonamides is 1. The summed E-state index contributed by atoms with van der Waals surface area (Å²) in [7, 11) is -2.19. The molecule has 0 fully saturated rings. The molecular weight excluding hydrogens is 318 g/mol. The van der Waals surface area contributed by atoms with Crippen LogP contribution in [0.1, 0.15) is 5.56 Å². The van der Waals surface area contributed by atoms with E-state index in [9.17, 15) is 13.2 Å². The van der Waals surface area contributed by atoms with Crippen LogP contribution in [0.3, 0.4) is 0 Å². The molecule has 0 aliphatic rings. The molecule has 2 rings (SSSR count). The molecule has 7 heteroatoms. The summed E-state index contributed by atoms with van der Waals surface area (Å²) >= 11 is 0. The molecule has 0 amide bonds. The van der Waals surface area contributed by atoms with Gasteiger partial charge in [0.15, 0.2) is 0 Å². The highest BCUT2D eigenvalue weighted by Crippen LogP contribution is 2.19. The Morgan fingerprint density at radius 3 is 2.22 bits per heavy atom. The normalized spacial score (nSPS) is 11.3. The van der Waals surface area contributed by atoms with Gasteiger partial charge in [-0.05, 0) is 48.0 Å². The number of methoxy groups -OCH3 is 1. The molecule has 0 atom stereocenters.